The van der Waals surface area contributed by atoms with Crippen molar-refractivity contribution >= 4 is 17.5 Å². The van der Waals surface area contributed by atoms with Crippen molar-refractivity contribution in [3.8, 4) is 23.0 Å². The van der Waals surface area contributed by atoms with Crippen LogP contribution in [-0.4, -0.2) is 26.8 Å². The number of ether oxygens (including phenoxy) is 4. The Morgan fingerprint density at radius 3 is 2.48 bits per heavy atom. The Kier molecular flexibility index (Phi) is 5.26. The minimum absolute atomic E-state index is 0.0113. The van der Waals surface area contributed by atoms with E-state index in [0.717, 1.165) is 5.56 Å². The molecule has 6 nitrogen and oxygen atoms in total. The molecule has 142 valence electrons. The Morgan fingerprint density at radius 1 is 1.11 bits per heavy atom. The summed E-state index contributed by atoms with van der Waals surface area (Å²) in [5.41, 5.74) is 8.35. The number of carbonyl (C=O) groups excluding carboxylic acids is 1. The van der Waals surface area contributed by atoms with Gasteiger partial charge in [0.05, 0.1) is 19.9 Å². The zero-order valence-corrected chi connectivity index (χ0v) is 15.9. The van der Waals surface area contributed by atoms with E-state index in [2.05, 4.69) is 0 Å². The van der Waals surface area contributed by atoms with E-state index >= 15 is 0 Å². The van der Waals surface area contributed by atoms with Gasteiger partial charge in [-0.15, -0.1) is 0 Å². The number of hydrogen-bond donors (Lipinski definition) is 1. The number of nitrogen functional groups attached to an aromatic ring is 1. The quantitative estimate of drug-likeness (QED) is 0.472. The van der Waals surface area contributed by atoms with E-state index in [0.29, 0.717) is 39.8 Å². The first-order valence-electron chi connectivity index (χ1n) is 8.62. The van der Waals surface area contributed by atoms with Crippen LogP contribution in [0.3, 0.4) is 0 Å². The van der Waals surface area contributed by atoms with E-state index < -0.39 is 0 Å². The number of Topliss-reactive ketones (excluding diaryl/α,β-unsaturated/α-hetero) is 1. The van der Waals surface area contributed by atoms with Crippen molar-refractivity contribution in [1.29, 1.82) is 0 Å². The third-order valence-corrected chi connectivity index (χ3v) is 4.38. The van der Waals surface area contributed by atoms with Crippen LogP contribution in [0, 0.1) is 5.92 Å². The maximum absolute atomic E-state index is 13.1. The topological polar surface area (TPSA) is 80.0 Å². The van der Waals surface area contributed by atoms with Gasteiger partial charge in [-0.3, -0.25) is 4.79 Å². The lowest BCUT2D eigenvalue weighted by Crippen LogP contribution is -2.09. The summed E-state index contributed by atoms with van der Waals surface area (Å²) in [6.07, 6.45) is 1.85. The highest BCUT2D eigenvalue weighted by Gasteiger charge is 2.21. The fourth-order valence-corrected chi connectivity index (χ4v) is 2.95. The molecule has 2 aromatic carbocycles. The SMILES string of the molecule is COc1ccc(C(=O)C(=Cc2cc(OC)c3c(c2)OCO3)C(C)C)cc1N. The van der Waals surface area contributed by atoms with Crippen molar-refractivity contribution in [1.82, 2.24) is 0 Å². The lowest BCUT2D eigenvalue weighted by Gasteiger charge is -2.13. The van der Waals surface area contributed by atoms with E-state index in [1.165, 1.54) is 0 Å². The van der Waals surface area contributed by atoms with Gasteiger partial charge >= 0.3 is 0 Å². The van der Waals surface area contributed by atoms with Crippen LogP contribution in [0.25, 0.3) is 6.08 Å². The number of allylic oxidation sites excluding steroid dienone is 1. The van der Waals surface area contributed by atoms with Gasteiger partial charge < -0.3 is 24.7 Å². The van der Waals surface area contributed by atoms with Gasteiger partial charge in [0.1, 0.15) is 5.75 Å². The molecule has 6 heteroatoms. The van der Waals surface area contributed by atoms with Gasteiger partial charge in [-0.25, -0.2) is 0 Å². The van der Waals surface area contributed by atoms with Crippen LogP contribution < -0.4 is 24.7 Å². The second-order valence-electron chi connectivity index (χ2n) is 6.50. The minimum atomic E-state index is -0.0870. The number of ketones is 1. The summed E-state index contributed by atoms with van der Waals surface area (Å²) >= 11 is 0. The number of fused-ring (bicyclic) bond motifs is 1. The maximum atomic E-state index is 13.1. The Labute approximate surface area is 158 Å². The number of anilines is 1. The van der Waals surface area contributed by atoms with Crippen LogP contribution in [0.1, 0.15) is 29.8 Å². The molecule has 0 fully saturated rings. The zero-order chi connectivity index (χ0) is 19.6. The fraction of sp³-hybridized carbons (Fsp3) is 0.286. The predicted molar refractivity (Wildman–Crippen MR) is 104 cm³/mol. The smallest absolute Gasteiger partial charge is 0.231 e. The first-order chi connectivity index (χ1) is 12.9. The zero-order valence-electron chi connectivity index (χ0n) is 15.9. The van der Waals surface area contributed by atoms with Crippen LogP contribution in [0.5, 0.6) is 23.0 Å². The van der Waals surface area contributed by atoms with Crippen LogP contribution in [0.4, 0.5) is 5.69 Å². The number of carbonyl (C=O) groups is 1. The van der Waals surface area contributed by atoms with Crippen molar-refractivity contribution in [3.63, 3.8) is 0 Å². The Hall–Kier alpha value is -3.15. The largest absolute Gasteiger partial charge is 0.495 e. The highest BCUT2D eigenvalue weighted by atomic mass is 16.7. The summed E-state index contributed by atoms with van der Waals surface area (Å²) in [7, 11) is 3.11. The molecule has 1 aliphatic rings. The molecular formula is C21H23NO5. The van der Waals surface area contributed by atoms with Crippen molar-refractivity contribution in [3.05, 3.63) is 47.0 Å². The normalized spacial score (nSPS) is 13.0. The van der Waals surface area contributed by atoms with Crippen molar-refractivity contribution in [2.24, 2.45) is 5.92 Å². The summed E-state index contributed by atoms with van der Waals surface area (Å²) in [5.74, 6) is 2.22. The molecular weight excluding hydrogens is 346 g/mol. The van der Waals surface area contributed by atoms with Gasteiger partial charge in [-0.05, 0) is 47.9 Å². The fourth-order valence-electron chi connectivity index (χ4n) is 2.95. The molecule has 0 aromatic heterocycles. The molecule has 0 radical (unpaired) electrons. The first kappa shape index (κ1) is 18.6. The molecule has 2 N–H and O–H groups in total. The highest BCUT2D eigenvalue weighted by molar-refractivity contribution is 6.12. The Bertz CT molecular complexity index is 902. The van der Waals surface area contributed by atoms with Crippen molar-refractivity contribution in [2.75, 3.05) is 26.7 Å². The molecule has 0 saturated carbocycles. The maximum Gasteiger partial charge on any atom is 0.231 e. The van der Waals surface area contributed by atoms with E-state index in [9.17, 15) is 4.79 Å². The van der Waals surface area contributed by atoms with Gasteiger partial charge in [0.2, 0.25) is 12.5 Å². The molecule has 1 heterocycles. The lowest BCUT2D eigenvalue weighted by molar-refractivity contribution is 0.102. The Morgan fingerprint density at radius 2 is 1.85 bits per heavy atom. The number of methoxy groups -OCH3 is 2. The Balaban J connectivity index is 2.01. The lowest BCUT2D eigenvalue weighted by atomic mass is 9.92. The van der Waals surface area contributed by atoms with Gasteiger partial charge in [0, 0.05) is 11.1 Å². The van der Waals surface area contributed by atoms with Crippen LogP contribution in [0.15, 0.2) is 35.9 Å². The number of nitrogens with two attached hydrogens (primary N) is 1. The van der Waals surface area contributed by atoms with E-state index in [1.54, 1.807) is 32.4 Å². The molecule has 2 aromatic rings. The molecule has 0 unspecified atom stereocenters. The van der Waals surface area contributed by atoms with Gasteiger partial charge in [0.25, 0.3) is 0 Å². The molecule has 0 aliphatic carbocycles. The monoisotopic (exact) mass is 369 g/mol. The second kappa shape index (κ2) is 7.61. The highest BCUT2D eigenvalue weighted by Crippen LogP contribution is 2.42. The van der Waals surface area contributed by atoms with Gasteiger partial charge in [-0.1, -0.05) is 13.8 Å². The summed E-state index contributed by atoms with van der Waals surface area (Å²) < 4.78 is 21.4. The van der Waals surface area contributed by atoms with E-state index in [1.807, 2.05) is 32.1 Å². The van der Waals surface area contributed by atoms with E-state index in [-0.39, 0.29) is 18.5 Å². The molecule has 0 amide bonds. The molecule has 0 spiro atoms. The molecule has 27 heavy (non-hydrogen) atoms. The van der Waals surface area contributed by atoms with Crippen LogP contribution in [0.2, 0.25) is 0 Å². The molecule has 3 rings (SSSR count). The molecule has 0 atom stereocenters. The predicted octanol–water partition coefficient (Wildman–Crippen LogP) is 3.94. The molecule has 0 saturated heterocycles. The van der Waals surface area contributed by atoms with Gasteiger partial charge in [0.15, 0.2) is 17.3 Å². The number of benzene rings is 2. The summed E-state index contributed by atoms with van der Waals surface area (Å²) in [4.78, 5) is 13.1. The van der Waals surface area contributed by atoms with Crippen molar-refractivity contribution < 1.29 is 23.7 Å². The number of rotatable bonds is 6. The van der Waals surface area contributed by atoms with Crippen LogP contribution in [-0.2, 0) is 0 Å². The number of hydrogen-bond acceptors (Lipinski definition) is 6. The van der Waals surface area contributed by atoms with Crippen molar-refractivity contribution in [2.45, 2.75) is 13.8 Å². The summed E-state index contributed by atoms with van der Waals surface area (Å²) in [5, 5.41) is 0. The third kappa shape index (κ3) is 3.69. The molecule has 0 bridgehead atoms. The third-order valence-electron chi connectivity index (χ3n) is 4.38. The minimum Gasteiger partial charge on any atom is -0.495 e. The summed E-state index contributed by atoms with van der Waals surface area (Å²) in [6, 6.07) is 8.71. The standard InChI is InChI=1S/C21H23NO5/c1-12(2)15(20(23)14-5-6-17(24-3)16(22)10-14)7-13-8-18(25-4)21-19(9-13)26-11-27-21/h5-10,12H,11,22H2,1-4H3. The summed E-state index contributed by atoms with van der Waals surface area (Å²) in [6.45, 7) is 4.10. The average Bonchev–Trinajstić information content (AvgIpc) is 3.13. The van der Waals surface area contributed by atoms with Crippen LogP contribution >= 0.6 is 0 Å². The first-order valence-corrected chi connectivity index (χ1v) is 8.62. The second-order valence-corrected chi connectivity index (χ2v) is 6.50. The van der Waals surface area contributed by atoms with Gasteiger partial charge in [-0.2, -0.15) is 0 Å². The molecule has 1 aliphatic heterocycles. The van der Waals surface area contributed by atoms with E-state index in [4.69, 9.17) is 24.7 Å². The average molecular weight is 369 g/mol.